The van der Waals surface area contributed by atoms with Gasteiger partial charge in [-0.1, -0.05) is 115 Å². The van der Waals surface area contributed by atoms with E-state index in [1.54, 1.807) is 0 Å². The molecule has 0 radical (unpaired) electrons. The van der Waals surface area contributed by atoms with E-state index < -0.39 is 5.41 Å². The molecule has 2 nitrogen and oxygen atoms in total. The van der Waals surface area contributed by atoms with Crippen molar-refractivity contribution in [3.63, 3.8) is 0 Å². The molecule has 6 aromatic carbocycles. The van der Waals surface area contributed by atoms with Gasteiger partial charge in [-0.3, -0.25) is 0 Å². The number of hydrogen-bond acceptors (Lipinski definition) is 2. The molecule has 40 heavy (non-hydrogen) atoms. The second-order valence-corrected chi connectivity index (χ2v) is 10.4. The largest absolute Gasteiger partial charge is 0.457 e. The van der Waals surface area contributed by atoms with Gasteiger partial charge < -0.3 is 4.74 Å². The number of benzene rings is 6. The Hall–Kier alpha value is -5.39. The van der Waals surface area contributed by atoms with Crippen LogP contribution in [0, 0.1) is 11.3 Å². The molecule has 0 bridgehead atoms. The SMILES string of the molecule is N#Cc1cccc(-c2ccc(-c3ccc4c(c3)Oc3ccccc3C43c4ccccc4-c4ccccc43)cc2)c1. The van der Waals surface area contributed by atoms with Crippen LogP contribution >= 0.6 is 0 Å². The summed E-state index contributed by atoms with van der Waals surface area (Å²) < 4.78 is 6.64. The van der Waals surface area contributed by atoms with Crippen molar-refractivity contribution in [2.24, 2.45) is 0 Å². The van der Waals surface area contributed by atoms with Crippen molar-refractivity contribution in [1.29, 1.82) is 5.26 Å². The van der Waals surface area contributed by atoms with Gasteiger partial charge in [-0.25, -0.2) is 0 Å². The molecule has 0 fully saturated rings. The zero-order chi connectivity index (χ0) is 26.7. The van der Waals surface area contributed by atoms with Gasteiger partial charge in [0.1, 0.15) is 11.5 Å². The number of nitriles is 1. The Kier molecular flexibility index (Phi) is 4.83. The summed E-state index contributed by atoms with van der Waals surface area (Å²) in [5.41, 5.74) is 12.1. The molecule has 8 rings (SSSR count). The third kappa shape index (κ3) is 3.09. The quantitative estimate of drug-likeness (QED) is 0.233. The molecular formula is C38H23NO. The zero-order valence-electron chi connectivity index (χ0n) is 21.6. The summed E-state index contributed by atoms with van der Waals surface area (Å²) in [7, 11) is 0. The van der Waals surface area contributed by atoms with Crippen LogP contribution in [0.2, 0.25) is 0 Å². The van der Waals surface area contributed by atoms with E-state index in [1.165, 1.54) is 27.8 Å². The van der Waals surface area contributed by atoms with Gasteiger partial charge >= 0.3 is 0 Å². The van der Waals surface area contributed by atoms with Gasteiger partial charge in [-0.05, 0) is 68.8 Å². The maximum Gasteiger partial charge on any atom is 0.132 e. The van der Waals surface area contributed by atoms with Crippen molar-refractivity contribution >= 4 is 0 Å². The second kappa shape index (κ2) is 8.56. The molecule has 0 unspecified atom stereocenters. The lowest BCUT2D eigenvalue weighted by atomic mass is 9.66. The summed E-state index contributed by atoms with van der Waals surface area (Å²) >= 11 is 0. The molecule has 1 spiro atoms. The molecule has 0 atom stereocenters. The fourth-order valence-corrected chi connectivity index (χ4v) is 6.66. The first-order valence-corrected chi connectivity index (χ1v) is 13.5. The van der Waals surface area contributed by atoms with E-state index in [0.29, 0.717) is 5.56 Å². The maximum absolute atomic E-state index is 9.28. The molecule has 186 valence electrons. The Balaban J connectivity index is 1.30. The van der Waals surface area contributed by atoms with Crippen molar-refractivity contribution in [3.05, 3.63) is 167 Å². The van der Waals surface area contributed by atoms with Crippen molar-refractivity contribution in [1.82, 2.24) is 0 Å². The summed E-state index contributed by atoms with van der Waals surface area (Å²) in [4.78, 5) is 0. The Labute approximate surface area is 233 Å². The fourth-order valence-electron chi connectivity index (χ4n) is 6.66. The molecule has 1 aliphatic carbocycles. The number of para-hydroxylation sites is 1. The maximum atomic E-state index is 9.28. The van der Waals surface area contributed by atoms with E-state index in [1.807, 2.05) is 30.3 Å². The average molecular weight is 510 g/mol. The lowest BCUT2D eigenvalue weighted by Crippen LogP contribution is -2.32. The van der Waals surface area contributed by atoms with Crippen molar-refractivity contribution in [3.8, 4) is 50.9 Å². The first-order chi connectivity index (χ1) is 19.8. The lowest BCUT2D eigenvalue weighted by Gasteiger charge is -2.39. The molecule has 0 saturated heterocycles. The van der Waals surface area contributed by atoms with Gasteiger partial charge in [0.05, 0.1) is 17.0 Å². The van der Waals surface area contributed by atoms with E-state index in [-0.39, 0.29) is 0 Å². The lowest BCUT2D eigenvalue weighted by molar-refractivity contribution is 0.436. The normalized spacial score (nSPS) is 13.4. The van der Waals surface area contributed by atoms with Crippen LogP contribution in [0.5, 0.6) is 11.5 Å². The van der Waals surface area contributed by atoms with Crippen LogP contribution in [0.1, 0.15) is 27.8 Å². The van der Waals surface area contributed by atoms with Crippen LogP contribution in [-0.2, 0) is 5.41 Å². The fraction of sp³-hybridized carbons (Fsp3) is 0.0263. The highest BCUT2D eigenvalue weighted by molar-refractivity contribution is 5.89. The second-order valence-electron chi connectivity index (χ2n) is 10.4. The third-order valence-corrected chi connectivity index (χ3v) is 8.39. The molecular weight excluding hydrogens is 486 g/mol. The number of hydrogen-bond donors (Lipinski definition) is 0. The van der Waals surface area contributed by atoms with Crippen molar-refractivity contribution in [2.75, 3.05) is 0 Å². The van der Waals surface area contributed by atoms with Crippen LogP contribution in [0.4, 0.5) is 0 Å². The van der Waals surface area contributed by atoms with Gasteiger partial charge in [0.25, 0.3) is 0 Å². The Bertz CT molecular complexity index is 1950. The molecule has 0 N–H and O–H groups in total. The van der Waals surface area contributed by atoms with E-state index in [4.69, 9.17) is 4.74 Å². The molecule has 0 amide bonds. The monoisotopic (exact) mass is 509 g/mol. The van der Waals surface area contributed by atoms with Gasteiger partial charge in [0, 0.05) is 11.1 Å². The molecule has 2 heteroatoms. The number of nitrogens with zero attached hydrogens (tertiary/aromatic N) is 1. The number of rotatable bonds is 2. The average Bonchev–Trinajstić information content (AvgIpc) is 3.32. The van der Waals surface area contributed by atoms with Crippen LogP contribution in [0.3, 0.4) is 0 Å². The third-order valence-electron chi connectivity index (χ3n) is 8.39. The summed E-state index contributed by atoms with van der Waals surface area (Å²) in [5, 5.41) is 9.28. The van der Waals surface area contributed by atoms with Gasteiger partial charge in [0.2, 0.25) is 0 Å². The number of fused-ring (bicyclic) bond motifs is 9. The Morgan fingerprint density at radius 1 is 0.450 bits per heavy atom. The van der Waals surface area contributed by atoms with Crippen LogP contribution in [0.25, 0.3) is 33.4 Å². The molecule has 6 aromatic rings. The predicted octanol–water partition coefficient (Wildman–Crippen LogP) is 9.36. The minimum atomic E-state index is -0.439. The molecule has 1 heterocycles. The standard InChI is InChI=1S/C38H23NO/c39-24-25-8-7-9-28(22-25)26-16-18-27(19-17-26)29-20-21-35-37(23-29)40-36-15-6-5-14-34(36)38(35)32-12-3-1-10-30(32)31-11-2-4-13-33(31)38/h1-23H. The van der Waals surface area contributed by atoms with Crippen LogP contribution in [-0.4, -0.2) is 0 Å². The van der Waals surface area contributed by atoms with Crippen molar-refractivity contribution in [2.45, 2.75) is 5.41 Å². The molecule has 1 aliphatic heterocycles. The van der Waals surface area contributed by atoms with Crippen LogP contribution in [0.15, 0.2) is 140 Å². The molecule has 0 aromatic heterocycles. The Morgan fingerprint density at radius 3 is 1.68 bits per heavy atom. The summed E-state index contributed by atoms with van der Waals surface area (Å²) in [6, 6.07) is 51.2. The summed E-state index contributed by atoms with van der Waals surface area (Å²) in [6.45, 7) is 0. The topological polar surface area (TPSA) is 33.0 Å². The van der Waals surface area contributed by atoms with Crippen molar-refractivity contribution < 1.29 is 4.74 Å². The number of ether oxygens (including phenoxy) is 1. The first kappa shape index (κ1) is 22.6. The summed E-state index contributed by atoms with van der Waals surface area (Å²) in [6.07, 6.45) is 0. The highest BCUT2D eigenvalue weighted by Crippen LogP contribution is 2.62. The van der Waals surface area contributed by atoms with E-state index in [2.05, 4.69) is 115 Å². The molecule has 2 aliphatic rings. The van der Waals surface area contributed by atoms with E-state index in [0.717, 1.165) is 39.3 Å². The van der Waals surface area contributed by atoms with E-state index in [9.17, 15) is 5.26 Å². The van der Waals surface area contributed by atoms with Gasteiger partial charge in [-0.15, -0.1) is 0 Å². The minimum absolute atomic E-state index is 0.439. The van der Waals surface area contributed by atoms with Gasteiger partial charge in [-0.2, -0.15) is 5.26 Å². The Morgan fingerprint density at radius 2 is 1.00 bits per heavy atom. The van der Waals surface area contributed by atoms with Crippen LogP contribution < -0.4 is 4.74 Å². The summed E-state index contributed by atoms with van der Waals surface area (Å²) in [5.74, 6) is 1.78. The smallest absolute Gasteiger partial charge is 0.132 e. The minimum Gasteiger partial charge on any atom is -0.457 e. The molecule has 0 saturated carbocycles. The predicted molar refractivity (Wildman–Crippen MR) is 159 cm³/mol. The first-order valence-electron chi connectivity index (χ1n) is 13.5. The van der Waals surface area contributed by atoms with E-state index >= 15 is 0 Å². The highest BCUT2D eigenvalue weighted by Gasteiger charge is 2.50. The van der Waals surface area contributed by atoms with Gasteiger partial charge in [0.15, 0.2) is 0 Å². The highest BCUT2D eigenvalue weighted by atomic mass is 16.5. The zero-order valence-corrected chi connectivity index (χ0v) is 21.6.